The van der Waals surface area contributed by atoms with Crippen LogP contribution in [-0.4, -0.2) is 13.2 Å². The van der Waals surface area contributed by atoms with Crippen molar-refractivity contribution >= 4 is 0 Å². The van der Waals surface area contributed by atoms with Crippen LogP contribution in [0, 0.1) is 11.8 Å². The van der Waals surface area contributed by atoms with Gasteiger partial charge in [0.1, 0.15) is 0 Å². The molecule has 0 amide bonds. The number of hydrogen-bond donors (Lipinski definition) is 0. The van der Waals surface area contributed by atoms with Crippen LogP contribution in [0.1, 0.15) is 47.0 Å². The predicted molar refractivity (Wildman–Crippen MR) is 54.3 cm³/mol. The standard InChI is InChI=1S/C9H18O.C2H6/c1-3-8(2)9-4-6-10-7-5-9;1-2/h8-9H,3-7H2,1-2H3;1-2H3. The van der Waals surface area contributed by atoms with Gasteiger partial charge in [-0.05, 0) is 24.7 Å². The smallest absolute Gasteiger partial charge is 0.0468 e. The molecule has 0 N–H and O–H groups in total. The zero-order chi connectivity index (χ0) is 9.40. The van der Waals surface area contributed by atoms with E-state index in [4.69, 9.17) is 4.74 Å². The highest BCUT2D eigenvalue weighted by Crippen LogP contribution is 2.25. The molecule has 1 fully saturated rings. The van der Waals surface area contributed by atoms with Crippen molar-refractivity contribution in [3.63, 3.8) is 0 Å². The van der Waals surface area contributed by atoms with Crippen molar-refractivity contribution in [2.45, 2.75) is 47.0 Å². The summed E-state index contributed by atoms with van der Waals surface area (Å²) in [6.45, 7) is 10.6. The van der Waals surface area contributed by atoms with Gasteiger partial charge in [-0.25, -0.2) is 0 Å². The lowest BCUT2D eigenvalue weighted by Crippen LogP contribution is -2.21. The van der Waals surface area contributed by atoms with Gasteiger partial charge < -0.3 is 4.74 Å². The predicted octanol–water partition coefficient (Wildman–Crippen LogP) is 3.49. The lowest BCUT2D eigenvalue weighted by atomic mass is 9.86. The Bertz CT molecular complexity index is 85.0. The van der Waals surface area contributed by atoms with Gasteiger partial charge >= 0.3 is 0 Å². The molecule has 1 unspecified atom stereocenters. The largest absolute Gasteiger partial charge is 0.381 e. The van der Waals surface area contributed by atoms with Crippen LogP contribution >= 0.6 is 0 Å². The van der Waals surface area contributed by atoms with Gasteiger partial charge in [-0.1, -0.05) is 34.1 Å². The number of hydrogen-bond acceptors (Lipinski definition) is 1. The van der Waals surface area contributed by atoms with Crippen LogP contribution in [0.3, 0.4) is 0 Å². The third-order valence-electron chi connectivity index (χ3n) is 2.71. The molecule has 0 spiro atoms. The molecule has 0 radical (unpaired) electrons. The summed E-state index contributed by atoms with van der Waals surface area (Å²) in [6, 6.07) is 0. The van der Waals surface area contributed by atoms with Crippen molar-refractivity contribution in [1.82, 2.24) is 0 Å². The van der Waals surface area contributed by atoms with Crippen molar-refractivity contribution in [2.75, 3.05) is 13.2 Å². The Labute approximate surface area is 77.5 Å². The Morgan fingerprint density at radius 2 is 1.75 bits per heavy atom. The highest BCUT2D eigenvalue weighted by atomic mass is 16.5. The van der Waals surface area contributed by atoms with Gasteiger partial charge in [0.25, 0.3) is 0 Å². The van der Waals surface area contributed by atoms with Crippen molar-refractivity contribution in [3.05, 3.63) is 0 Å². The summed E-state index contributed by atoms with van der Waals surface area (Å²) in [6.07, 6.45) is 3.90. The zero-order valence-corrected chi connectivity index (χ0v) is 9.10. The Morgan fingerprint density at radius 1 is 1.25 bits per heavy atom. The fourth-order valence-electron chi connectivity index (χ4n) is 1.62. The average molecular weight is 172 g/mol. The van der Waals surface area contributed by atoms with Crippen molar-refractivity contribution in [3.8, 4) is 0 Å². The molecule has 1 aliphatic heterocycles. The van der Waals surface area contributed by atoms with Crippen molar-refractivity contribution in [1.29, 1.82) is 0 Å². The van der Waals surface area contributed by atoms with E-state index in [1.54, 1.807) is 0 Å². The van der Waals surface area contributed by atoms with Crippen LogP contribution < -0.4 is 0 Å². The Morgan fingerprint density at radius 3 is 2.17 bits per heavy atom. The Hall–Kier alpha value is -0.0400. The molecule has 1 aliphatic rings. The fraction of sp³-hybridized carbons (Fsp3) is 1.00. The van der Waals surface area contributed by atoms with Crippen molar-refractivity contribution in [2.24, 2.45) is 11.8 Å². The van der Waals surface area contributed by atoms with Crippen LogP contribution in [-0.2, 0) is 4.74 Å². The molecule has 74 valence electrons. The van der Waals surface area contributed by atoms with Crippen LogP contribution in [0.2, 0.25) is 0 Å². The first-order valence-corrected chi connectivity index (χ1v) is 5.42. The highest BCUT2D eigenvalue weighted by molar-refractivity contribution is 4.68. The molecule has 12 heavy (non-hydrogen) atoms. The minimum Gasteiger partial charge on any atom is -0.381 e. The Balaban J connectivity index is 0.000000561. The second-order valence-corrected chi connectivity index (χ2v) is 3.34. The highest BCUT2D eigenvalue weighted by Gasteiger charge is 2.18. The molecule has 0 aromatic heterocycles. The molecule has 1 nitrogen and oxygen atoms in total. The van der Waals surface area contributed by atoms with E-state index in [9.17, 15) is 0 Å². The van der Waals surface area contributed by atoms with E-state index in [2.05, 4.69) is 13.8 Å². The summed E-state index contributed by atoms with van der Waals surface area (Å²) in [4.78, 5) is 0. The molecule has 0 aliphatic carbocycles. The Kier molecular flexibility index (Phi) is 7.58. The van der Waals surface area contributed by atoms with E-state index in [-0.39, 0.29) is 0 Å². The third-order valence-corrected chi connectivity index (χ3v) is 2.71. The summed E-state index contributed by atoms with van der Waals surface area (Å²) in [5.74, 6) is 1.85. The zero-order valence-electron chi connectivity index (χ0n) is 9.10. The van der Waals surface area contributed by atoms with Gasteiger partial charge in [0.05, 0.1) is 0 Å². The monoisotopic (exact) mass is 172 g/mol. The lowest BCUT2D eigenvalue weighted by Gasteiger charge is -2.26. The molecule has 1 heteroatoms. The van der Waals surface area contributed by atoms with Gasteiger partial charge in [0.2, 0.25) is 0 Å². The average Bonchev–Trinajstić information content (AvgIpc) is 2.21. The third kappa shape index (κ3) is 4.10. The first-order valence-electron chi connectivity index (χ1n) is 5.42. The van der Waals surface area contributed by atoms with Gasteiger partial charge in [0.15, 0.2) is 0 Å². The topological polar surface area (TPSA) is 9.23 Å². The first kappa shape index (κ1) is 12.0. The second-order valence-electron chi connectivity index (χ2n) is 3.34. The van der Waals surface area contributed by atoms with Crippen LogP contribution in [0.5, 0.6) is 0 Å². The fourth-order valence-corrected chi connectivity index (χ4v) is 1.62. The van der Waals surface area contributed by atoms with Crippen LogP contribution in [0.15, 0.2) is 0 Å². The van der Waals surface area contributed by atoms with Gasteiger partial charge in [-0.2, -0.15) is 0 Å². The van der Waals surface area contributed by atoms with Gasteiger partial charge in [-0.3, -0.25) is 0 Å². The molecule has 1 rings (SSSR count). The van der Waals surface area contributed by atoms with E-state index >= 15 is 0 Å². The number of rotatable bonds is 2. The molecule has 0 saturated carbocycles. The van der Waals surface area contributed by atoms with E-state index in [0.717, 1.165) is 25.0 Å². The maximum Gasteiger partial charge on any atom is 0.0468 e. The summed E-state index contributed by atoms with van der Waals surface area (Å²) < 4.78 is 5.29. The molecule has 1 heterocycles. The summed E-state index contributed by atoms with van der Waals surface area (Å²) in [7, 11) is 0. The molecular formula is C11H24O. The minimum absolute atomic E-state index is 0.906. The van der Waals surface area contributed by atoms with E-state index in [1.165, 1.54) is 19.3 Å². The molecule has 0 aromatic carbocycles. The van der Waals surface area contributed by atoms with E-state index in [1.807, 2.05) is 13.8 Å². The van der Waals surface area contributed by atoms with E-state index in [0.29, 0.717) is 0 Å². The molecule has 1 atom stereocenters. The quantitative estimate of drug-likeness (QED) is 0.619. The summed E-state index contributed by atoms with van der Waals surface area (Å²) in [5.41, 5.74) is 0. The van der Waals surface area contributed by atoms with Crippen molar-refractivity contribution < 1.29 is 4.74 Å². The normalized spacial score (nSPS) is 21.0. The summed E-state index contributed by atoms with van der Waals surface area (Å²) >= 11 is 0. The van der Waals surface area contributed by atoms with Gasteiger partial charge in [0, 0.05) is 13.2 Å². The second kappa shape index (κ2) is 7.60. The lowest BCUT2D eigenvalue weighted by molar-refractivity contribution is 0.0489. The van der Waals surface area contributed by atoms with E-state index < -0.39 is 0 Å². The maximum atomic E-state index is 5.29. The molecule has 1 saturated heterocycles. The molecule has 0 aromatic rings. The SMILES string of the molecule is CC.CCC(C)C1CCOCC1. The molecular weight excluding hydrogens is 148 g/mol. The molecule has 0 bridgehead atoms. The summed E-state index contributed by atoms with van der Waals surface area (Å²) in [5, 5.41) is 0. The minimum atomic E-state index is 0.906. The van der Waals surface area contributed by atoms with Gasteiger partial charge in [-0.15, -0.1) is 0 Å². The first-order chi connectivity index (χ1) is 5.84. The maximum absolute atomic E-state index is 5.29. The van der Waals surface area contributed by atoms with Crippen LogP contribution in [0.25, 0.3) is 0 Å². The number of ether oxygens (including phenoxy) is 1. The van der Waals surface area contributed by atoms with Crippen LogP contribution in [0.4, 0.5) is 0 Å².